The number of nitrogens with one attached hydrogen (secondary N) is 2. The van der Waals surface area contributed by atoms with Gasteiger partial charge in [0.2, 0.25) is 0 Å². The topological polar surface area (TPSA) is 137 Å². The van der Waals surface area contributed by atoms with Crippen LogP contribution in [0.4, 0.5) is 0 Å². The smallest absolute Gasteiger partial charge is 0.330 e. The molecule has 1 unspecified atom stereocenters. The summed E-state index contributed by atoms with van der Waals surface area (Å²) in [5.41, 5.74) is 0.505. The number of aliphatic hydroxyl groups is 2. The second-order valence-electron chi connectivity index (χ2n) is 3.91. The second kappa shape index (κ2) is 5.00. The van der Waals surface area contributed by atoms with Crippen molar-refractivity contribution in [1.82, 2.24) is 15.0 Å². The van der Waals surface area contributed by atoms with Crippen molar-refractivity contribution in [3.63, 3.8) is 0 Å². The molecule has 0 bridgehead atoms. The maximum atomic E-state index is 11.5. The molecule has 0 aromatic carbocycles. The average molecular weight is 259 g/mol. The third-order valence-corrected chi connectivity index (χ3v) is 2.83. The Hall–Kier alpha value is -1.52. The lowest BCUT2D eigenvalue weighted by atomic mass is 10.1. The first-order valence-corrected chi connectivity index (χ1v) is 5.24. The first kappa shape index (κ1) is 12.9. The van der Waals surface area contributed by atoms with Crippen LogP contribution in [0.15, 0.2) is 21.9 Å². The highest BCUT2D eigenvalue weighted by atomic mass is 16.6. The van der Waals surface area contributed by atoms with E-state index in [1.165, 1.54) is 6.20 Å². The van der Waals surface area contributed by atoms with Gasteiger partial charge in [-0.2, -0.15) is 5.48 Å². The molecule has 9 nitrogen and oxygen atoms in total. The van der Waals surface area contributed by atoms with Gasteiger partial charge in [0.15, 0.2) is 6.23 Å². The fourth-order valence-corrected chi connectivity index (χ4v) is 1.92. The van der Waals surface area contributed by atoms with E-state index in [0.717, 1.165) is 10.6 Å². The van der Waals surface area contributed by atoms with Gasteiger partial charge in [-0.05, 0) is 0 Å². The number of hydrogen-bond acceptors (Lipinski definition) is 7. The third kappa shape index (κ3) is 2.09. The summed E-state index contributed by atoms with van der Waals surface area (Å²) in [4.78, 5) is 24.5. The molecule has 1 aromatic heterocycles. The maximum Gasteiger partial charge on any atom is 0.330 e. The molecule has 0 spiro atoms. The number of nitrogens with zero attached hydrogens (tertiary/aromatic N) is 1. The highest BCUT2D eigenvalue weighted by Gasteiger charge is 2.44. The zero-order valence-corrected chi connectivity index (χ0v) is 9.18. The second-order valence-corrected chi connectivity index (χ2v) is 3.91. The van der Waals surface area contributed by atoms with Crippen molar-refractivity contribution < 1.29 is 20.2 Å². The van der Waals surface area contributed by atoms with Gasteiger partial charge in [-0.1, -0.05) is 0 Å². The molecule has 1 aromatic rings. The normalized spacial score (nSPS) is 31.7. The van der Waals surface area contributed by atoms with Crippen LogP contribution >= 0.6 is 0 Å². The predicted molar refractivity (Wildman–Crippen MR) is 57.0 cm³/mol. The van der Waals surface area contributed by atoms with Crippen molar-refractivity contribution in [3.05, 3.63) is 33.1 Å². The molecule has 1 saturated heterocycles. The van der Waals surface area contributed by atoms with Crippen molar-refractivity contribution >= 4 is 0 Å². The Morgan fingerprint density at radius 3 is 2.72 bits per heavy atom. The third-order valence-electron chi connectivity index (χ3n) is 2.83. The molecule has 100 valence electrons. The summed E-state index contributed by atoms with van der Waals surface area (Å²) in [6.07, 6.45) is -2.05. The molecule has 0 amide bonds. The van der Waals surface area contributed by atoms with E-state index >= 15 is 0 Å². The van der Waals surface area contributed by atoms with E-state index in [9.17, 15) is 14.7 Å². The molecule has 0 saturated carbocycles. The largest absolute Gasteiger partial charge is 0.394 e. The van der Waals surface area contributed by atoms with Crippen LogP contribution in [0.5, 0.6) is 0 Å². The van der Waals surface area contributed by atoms with Gasteiger partial charge in [-0.3, -0.25) is 14.3 Å². The summed E-state index contributed by atoms with van der Waals surface area (Å²) in [5.74, 6) is 0. The Balaban J connectivity index is 2.34. The summed E-state index contributed by atoms with van der Waals surface area (Å²) in [5, 5.41) is 27.8. The molecular formula is C9H13N3O6. The lowest BCUT2D eigenvalue weighted by Gasteiger charge is -2.17. The van der Waals surface area contributed by atoms with Crippen molar-refractivity contribution in [3.8, 4) is 0 Å². The van der Waals surface area contributed by atoms with Crippen LogP contribution in [-0.4, -0.2) is 49.8 Å². The van der Waals surface area contributed by atoms with Gasteiger partial charge in [0.05, 0.1) is 12.6 Å². The summed E-state index contributed by atoms with van der Waals surface area (Å²) in [6.45, 7) is -0.441. The number of aromatic nitrogens is 2. The van der Waals surface area contributed by atoms with E-state index in [1.807, 2.05) is 10.5 Å². The lowest BCUT2D eigenvalue weighted by molar-refractivity contribution is -0.0539. The molecular weight excluding hydrogens is 246 g/mol. The quantitative estimate of drug-likeness (QED) is 0.368. The molecule has 1 fully saturated rings. The van der Waals surface area contributed by atoms with E-state index < -0.39 is 42.3 Å². The number of hydrogen-bond donors (Lipinski definition) is 5. The molecule has 2 heterocycles. The minimum absolute atomic E-state index is 0.441. The Bertz CT molecular complexity index is 526. The molecule has 4 atom stereocenters. The van der Waals surface area contributed by atoms with Crippen molar-refractivity contribution in [1.29, 1.82) is 0 Å². The van der Waals surface area contributed by atoms with Gasteiger partial charge in [0, 0.05) is 12.3 Å². The summed E-state index contributed by atoms with van der Waals surface area (Å²) in [7, 11) is 0. The SMILES string of the molecule is O=c1ccn([C@@H]2O[C@H](CO)C(NO)[C@H]2O)c(=O)[nH]1. The minimum Gasteiger partial charge on any atom is -0.394 e. The van der Waals surface area contributed by atoms with Gasteiger partial charge >= 0.3 is 5.69 Å². The van der Waals surface area contributed by atoms with Gasteiger partial charge in [0.25, 0.3) is 5.56 Å². The first-order valence-electron chi connectivity index (χ1n) is 5.24. The van der Waals surface area contributed by atoms with E-state index in [4.69, 9.17) is 15.1 Å². The first-order chi connectivity index (χ1) is 8.58. The molecule has 0 aliphatic carbocycles. The number of aliphatic hydroxyl groups excluding tert-OH is 2. The standard InChI is InChI=1S/C9H13N3O6/c13-3-4-6(11-17)7(15)8(18-4)12-2-1-5(14)10-9(12)16/h1-2,4,6-8,11,13,15,17H,3H2,(H,10,14,16)/t4-,6?,7-,8-/m1/s1. The highest BCUT2D eigenvalue weighted by Crippen LogP contribution is 2.27. The van der Waals surface area contributed by atoms with Crippen molar-refractivity contribution in [2.75, 3.05) is 6.61 Å². The van der Waals surface area contributed by atoms with Crippen LogP contribution in [0, 0.1) is 0 Å². The minimum atomic E-state index is -1.25. The Morgan fingerprint density at radius 1 is 1.50 bits per heavy atom. The Morgan fingerprint density at radius 2 is 2.22 bits per heavy atom. The molecule has 2 rings (SSSR count). The summed E-state index contributed by atoms with van der Waals surface area (Å²) < 4.78 is 6.23. The monoisotopic (exact) mass is 259 g/mol. The van der Waals surface area contributed by atoms with Crippen LogP contribution in [0.1, 0.15) is 6.23 Å². The molecule has 1 aliphatic rings. The van der Waals surface area contributed by atoms with Crippen LogP contribution < -0.4 is 16.7 Å². The van der Waals surface area contributed by atoms with Crippen LogP contribution in [0.3, 0.4) is 0 Å². The van der Waals surface area contributed by atoms with Crippen LogP contribution in [0.2, 0.25) is 0 Å². The molecule has 1 aliphatic heterocycles. The molecule has 0 radical (unpaired) electrons. The summed E-state index contributed by atoms with van der Waals surface area (Å²) in [6, 6.07) is 0.171. The molecule has 18 heavy (non-hydrogen) atoms. The van der Waals surface area contributed by atoms with E-state index in [1.54, 1.807) is 0 Å². The molecule has 5 N–H and O–H groups in total. The van der Waals surface area contributed by atoms with Gasteiger partial charge in [0.1, 0.15) is 12.2 Å². The Kier molecular flexibility index (Phi) is 3.59. The van der Waals surface area contributed by atoms with E-state index in [2.05, 4.69) is 0 Å². The zero-order valence-electron chi connectivity index (χ0n) is 9.18. The predicted octanol–water partition coefficient (Wildman–Crippen LogP) is -2.87. The highest BCUT2D eigenvalue weighted by molar-refractivity contribution is 4.95. The number of hydroxylamine groups is 1. The van der Waals surface area contributed by atoms with Crippen molar-refractivity contribution in [2.45, 2.75) is 24.5 Å². The Labute approximate surface area is 100 Å². The van der Waals surface area contributed by atoms with E-state index in [0.29, 0.717) is 0 Å². The van der Waals surface area contributed by atoms with Gasteiger partial charge < -0.3 is 20.2 Å². The van der Waals surface area contributed by atoms with E-state index in [-0.39, 0.29) is 0 Å². The maximum absolute atomic E-state index is 11.5. The van der Waals surface area contributed by atoms with Crippen LogP contribution in [-0.2, 0) is 4.74 Å². The van der Waals surface area contributed by atoms with Gasteiger partial charge in [-0.25, -0.2) is 4.79 Å². The number of rotatable bonds is 3. The number of aromatic amines is 1. The van der Waals surface area contributed by atoms with Gasteiger partial charge in [-0.15, -0.1) is 0 Å². The zero-order chi connectivity index (χ0) is 13.3. The molecule has 9 heteroatoms. The summed E-state index contributed by atoms with van der Waals surface area (Å²) >= 11 is 0. The van der Waals surface area contributed by atoms with Crippen molar-refractivity contribution in [2.24, 2.45) is 0 Å². The van der Waals surface area contributed by atoms with Crippen LogP contribution in [0.25, 0.3) is 0 Å². The fraction of sp³-hybridized carbons (Fsp3) is 0.556. The fourth-order valence-electron chi connectivity index (χ4n) is 1.92. The lowest BCUT2D eigenvalue weighted by Crippen LogP contribution is -2.44. The number of H-pyrrole nitrogens is 1. The number of ether oxygens (including phenoxy) is 1. The average Bonchev–Trinajstić information content (AvgIpc) is 2.66.